The van der Waals surface area contributed by atoms with Gasteiger partial charge in [0.2, 0.25) is 0 Å². The molecule has 0 aromatic heterocycles. The number of hydrogen-bond acceptors (Lipinski definition) is 8. The molecule has 4 aliphatic carbocycles. The maximum absolute atomic E-state index is 13.5. The van der Waals surface area contributed by atoms with E-state index in [-0.39, 0.29) is 30.3 Å². The Morgan fingerprint density at radius 3 is 2.56 bits per heavy atom. The third-order valence-electron chi connectivity index (χ3n) is 10.7. The summed E-state index contributed by atoms with van der Waals surface area (Å²) in [4.78, 5) is 26.6. The van der Waals surface area contributed by atoms with Crippen molar-refractivity contribution < 1.29 is 44.2 Å². The van der Waals surface area contributed by atoms with E-state index in [2.05, 4.69) is 13.0 Å². The molecule has 3 saturated carbocycles. The molecule has 9 heteroatoms. The van der Waals surface area contributed by atoms with E-state index in [1.165, 1.54) is 7.11 Å². The highest BCUT2D eigenvalue weighted by Gasteiger charge is 2.84. The number of aliphatic carboxylic acids is 1. The molecule has 202 valence electrons. The molecule has 0 spiro atoms. The number of rotatable bonds is 8. The first-order valence-corrected chi connectivity index (χ1v) is 13.2. The van der Waals surface area contributed by atoms with Gasteiger partial charge in [-0.05, 0) is 48.9 Å². The summed E-state index contributed by atoms with van der Waals surface area (Å²) >= 11 is 0. The second-order valence-electron chi connectivity index (χ2n) is 12.2. The quantitative estimate of drug-likeness (QED) is 0.282. The van der Waals surface area contributed by atoms with E-state index in [1.54, 1.807) is 0 Å². The molecular formula is C27H40O9. The molecule has 0 aromatic rings. The lowest BCUT2D eigenvalue weighted by atomic mass is 9.43. The number of carboxylic acids is 1. The van der Waals surface area contributed by atoms with E-state index in [4.69, 9.17) is 14.2 Å². The minimum atomic E-state index is -1.44. The molecule has 0 unspecified atom stereocenters. The Morgan fingerprint density at radius 1 is 1.25 bits per heavy atom. The van der Waals surface area contributed by atoms with E-state index >= 15 is 0 Å². The topological polar surface area (TPSA) is 143 Å². The summed E-state index contributed by atoms with van der Waals surface area (Å²) in [6, 6.07) is 0. The summed E-state index contributed by atoms with van der Waals surface area (Å²) < 4.78 is 17.2. The van der Waals surface area contributed by atoms with Gasteiger partial charge in [-0.25, -0.2) is 0 Å². The van der Waals surface area contributed by atoms with E-state index in [9.17, 15) is 30.0 Å². The molecule has 1 heterocycles. The number of allylic oxidation sites excluding steroid dienone is 1. The number of aldehydes is 1. The van der Waals surface area contributed by atoms with E-state index in [0.29, 0.717) is 18.8 Å². The molecule has 1 saturated heterocycles. The molecular weight excluding hydrogens is 468 g/mol. The van der Waals surface area contributed by atoms with Crippen molar-refractivity contribution in [3.05, 3.63) is 11.6 Å². The van der Waals surface area contributed by atoms with E-state index < -0.39 is 59.5 Å². The van der Waals surface area contributed by atoms with Crippen LogP contribution in [0.2, 0.25) is 0 Å². The van der Waals surface area contributed by atoms with Crippen LogP contribution in [0.1, 0.15) is 46.5 Å². The number of ether oxygens (including phenoxy) is 3. The minimum Gasteiger partial charge on any atom is -0.481 e. The second-order valence-corrected chi connectivity index (χ2v) is 12.2. The van der Waals surface area contributed by atoms with Gasteiger partial charge < -0.3 is 39.4 Å². The third-order valence-corrected chi connectivity index (χ3v) is 10.7. The van der Waals surface area contributed by atoms with Crippen molar-refractivity contribution in [1.29, 1.82) is 0 Å². The van der Waals surface area contributed by atoms with Crippen molar-refractivity contribution in [2.45, 2.75) is 77.2 Å². The molecule has 36 heavy (non-hydrogen) atoms. The Hall–Kier alpha value is -1.36. The Balaban J connectivity index is 1.56. The lowest BCUT2D eigenvalue weighted by Crippen LogP contribution is -2.64. The monoisotopic (exact) mass is 508 g/mol. The summed E-state index contributed by atoms with van der Waals surface area (Å²) in [6.07, 6.45) is 0.0714. The number of carbonyl (C=O) groups excluding carboxylic acids is 1. The normalized spacial score (nSPS) is 51.3. The van der Waals surface area contributed by atoms with E-state index in [1.807, 2.05) is 13.8 Å². The summed E-state index contributed by atoms with van der Waals surface area (Å²) in [5.41, 5.74) is -2.47. The highest BCUT2D eigenvalue weighted by Crippen LogP contribution is 2.82. The predicted octanol–water partition coefficient (Wildman–Crippen LogP) is 1.38. The Labute approximate surface area is 211 Å². The lowest BCUT2D eigenvalue weighted by Gasteiger charge is -2.58. The standard InChI is InChI=1S/C27H40O9/c1-13(2)18-7-15-8-25(11-29)17-6-5-14(3)16(17)9-26(15,27(18,25)24(32)33)12-35-23-21(31)20(30)22(34-4)19(10-28)36-23/h7,11,13-17,19-23,28,30-31H,5-6,8-10,12H2,1-4H3,(H,32,33)/t14-,15+,16-,17-,19-,20+,21+,22-,23-,25+,26+,27+/m1/s1. The van der Waals surface area contributed by atoms with E-state index in [0.717, 1.165) is 24.7 Å². The largest absolute Gasteiger partial charge is 0.481 e. The highest BCUT2D eigenvalue weighted by atomic mass is 16.7. The average Bonchev–Trinajstić information content (AvgIpc) is 3.42. The third kappa shape index (κ3) is 2.98. The predicted molar refractivity (Wildman–Crippen MR) is 127 cm³/mol. The fourth-order valence-corrected chi connectivity index (χ4v) is 9.35. The van der Waals surface area contributed by atoms with Crippen LogP contribution in [-0.4, -0.2) is 83.7 Å². The Morgan fingerprint density at radius 2 is 1.97 bits per heavy atom. The fraction of sp³-hybridized carbons (Fsp3) is 0.852. The van der Waals surface area contributed by atoms with Crippen LogP contribution < -0.4 is 0 Å². The Kier molecular flexibility index (Phi) is 6.45. The summed E-state index contributed by atoms with van der Waals surface area (Å²) in [5.74, 6) is -0.586. The van der Waals surface area contributed by atoms with Crippen LogP contribution in [0.3, 0.4) is 0 Å². The number of hydrogen-bond donors (Lipinski definition) is 4. The lowest BCUT2D eigenvalue weighted by molar-refractivity contribution is -0.313. The van der Waals surface area contributed by atoms with Gasteiger partial charge >= 0.3 is 5.97 Å². The molecule has 4 fully saturated rings. The Bertz CT molecular complexity index is 932. The fourth-order valence-electron chi connectivity index (χ4n) is 9.35. The second kappa shape index (κ2) is 8.85. The number of carbonyl (C=O) groups is 2. The van der Waals surface area contributed by atoms with Crippen molar-refractivity contribution in [3.8, 4) is 0 Å². The van der Waals surface area contributed by atoms with Gasteiger partial charge in [-0.3, -0.25) is 4.79 Å². The number of carboxylic acid groups (broad SMARTS) is 1. The van der Waals surface area contributed by atoms with Crippen molar-refractivity contribution >= 4 is 12.3 Å². The number of aliphatic hydroxyl groups is 3. The van der Waals surface area contributed by atoms with Crippen LogP contribution in [0.5, 0.6) is 0 Å². The first-order valence-electron chi connectivity index (χ1n) is 13.2. The van der Waals surface area contributed by atoms with Gasteiger partial charge in [0.1, 0.15) is 36.1 Å². The van der Waals surface area contributed by atoms with Crippen molar-refractivity contribution in [1.82, 2.24) is 0 Å². The van der Waals surface area contributed by atoms with Gasteiger partial charge in [-0.2, -0.15) is 0 Å². The number of aliphatic hydroxyl groups excluding tert-OH is 3. The van der Waals surface area contributed by atoms with Crippen molar-refractivity contribution in [3.63, 3.8) is 0 Å². The van der Waals surface area contributed by atoms with Gasteiger partial charge in [0.25, 0.3) is 0 Å². The average molecular weight is 509 g/mol. The zero-order chi connectivity index (χ0) is 26.2. The number of fused-ring (bicyclic) bond motifs is 2. The van der Waals surface area contributed by atoms with Crippen LogP contribution >= 0.6 is 0 Å². The molecule has 1 aliphatic heterocycles. The van der Waals surface area contributed by atoms with Gasteiger partial charge in [0.05, 0.1) is 18.6 Å². The maximum atomic E-state index is 13.5. The first-order chi connectivity index (χ1) is 17.1. The van der Waals surface area contributed by atoms with Crippen LogP contribution in [0, 0.1) is 45.8 Å². The minimum absolute atomic E-state index is 0.0150. The van der Waals surface area contributed by atoms with Crippen molar-refractivity contribution in [2.75, 3.05) is 20.3 Å². The molecule has 9 nitrogen and oxygen atoms in total. The molecule has 12 atom stereocenters. The molecule has 0 amide bonds. The zero-order valence-electron chi connectivity index (χ0n) is 21.5. The molecule has 4 N–H and O–H groups in total. The van der Waals surface area contributed by atoms with Crippen LogP contribution in [0.15, 0.2) is 11.6 Å². The molecule has 5 aliphatic rings. The smallest absolute Gasteiger partial charge is 0.315 e. The summed E-state index contributed by atoms with van der Waals surface area (Å²) in [5, 5.41) is 42.1. The molecule has 4 bridgehead atoms. The zero-order valence-corrected chi connectivity index (χ0v) is 21.5. The maximum Gasteiger partial charge on any atom is 0.315 e. The SMILES string of the molecule is CO[C@H]1[C@@H](O)[C@H](O)[C@H](OC[C@@]23C[C@@H]4[C@H](C)CC[C@H]4[C@@]4(C=O)C[C@@H]2C=C(C(C)C)[C@@]34C(=O)O)O[C@@H]1CO. The van der Waals surface area contributed by atoms with Crippen LogP contribution in [0.4, 0.5) is 0 Å². The molecule has 0 aromatic carbocycles. The summed E-state index contributed by atoms with van der Waals surface area (Å²) in [6.45, 7) is 5.68. The first kappa shape index (κ1) is 26.3. The highest BCUT2D eigenvalue weighted by molar-refractivity contribution is 5.90. The number of methoxy groups -OCH3 is 1. The van der Waals surface area contributed by atoms with Crippen LogP contribution in [-0.2, 0) is 23.8 Å². The summed E-state index contributed by atoms with van der Waals surface area (Å²) in [7, 11) is 1.36. The molecule has 0 radical (unpaired) electrons. The van der Waals surface area contributed by atoms with Crippen LogP contribution in [0.25, 0.3) is 0 Å². The van der Waals surface area contributed by atoms with Gasteiger partial charge in [0, 0.05) is 12.5 Å². The molecule has 5 rings (SSSR count). The van der Waals surface area contributed by atoms with Gasteiger partial charge in [-0.15, -0.1) is 0 Å². The van der Waals surface area contributed by atoms with Gasteiger partial charge in [-0.1, -0.05) is 38.8 Å². The van der Waals surface area contributed by atoms with Crippen molar-refractivity contribution in [2.24, 2.45) is 45.8 Å². The van der Waals surface area contributed by atoms with Gasteiger partial charge in [0.15, 0.2) is 6.29 Å².